The maximum atomic E-state index is 13.9. The lowest BCUT2D eigenvalue weighted by molar-refractivity contribution is -0.121. The monoisotopic (exact) mass is 569 g/mol. The molecule has 8 heteroatoms. The van der Waals surface area contributed by atoms with Gasteiger partial charge in [0.1, 0.15) is 12.4 Å². The van der Waals surface area contributed by atoms with Crippen LogP contribution in [-0.2, 0) is 28.0 Å². The number of sulfonamides is 1. The standard InChI is InChI=1S/C33H35N3O4S/c1-24-10-12-29(13-11-24)21-36(41(38,39)33-26(3)18-25(2)19-27(33)4)22-32(37)35-34-20-28-14-16-31(17-15-28)40-23-30-8-6-5-7-9-30/h5-20H,21-23H2,1-4H3,(H,35,37)/b34-20+. The van der Waals surface area contributed by atoms with Gasteiger partial charge >= 0.3 is 0 Å². The number of aryl methyl sites for hydroxylation is 4. The molecule has 1 N–H and O–H groups in total. The van der Waals surface area contributed by atoms with Crippen LogP contribution in [-0.4, -0.2) is 31.4 Å². The Bertz CT molecular complexity index is 1590. The van der Waals surface area contributed by atoms with Crippen molar-refractivity contribution in [2.24, 2.45) is 5.10 Å². The van der Waals surface area contributed by atoms with E-state index in [0.717, 1.165) is 27.8 Å². The number of rotatable bonds is 11. The van der Waals surface area contributed by atoms with Crippen LogP contribution in [0.4, 0.5) is 0 Å². The highest BCUT2D eigenvalue weighted by atomic mass is 32.2. The molecule has 0 aromatic heterocycles. The largest absolute Gasteiger partial charge is 0.489 e. The van der Waals surface area contributed by atoms with Crippen molar-refractivity contribution >= 4 is 22.1 Å². The van der Waals surface area contributed by atoms with E-state index in [-0.39, 0.29) is 18.0 Å². The molecule has 0 saturated carbocycles. The topological polar surface area (TPSA) is 88.1 Å². The molecule has 0 aliphatic carbocycles. The zero-order valence-corrected chi connectivity index (χ0v) is 24.6. The molecule has 1 amide bonds. The summed E-state index contributed by atoms with van der Waals surface area (Å²) in [6.45, 7) is 7.58. The zero-order chi connectivity index (χ0) is 29.4. The quantitative estimate of drug-likeness (QED) is 0.182. The third-order valence-corrected chi connectivity index (χ3v) is 8.63. The smallest absolute Gasteiger partial charge is 0.255 e. The van der Waals surface area contributed by atoms with Gasteiger partial charge in [0, 0.05) is 6.54 Å². The maximum absolute atomic E-state index is 13.9. The van der Waals surface area contributed by atoms with Crippen molar-refractivity contribution in [3.8, 4) is 5.75 Å². The van der Waals surface area contributed by atoms with E-state index >= 15 is 0 Å². The molecule has 0 aliphatic heterocycles. The van der Waals surface area contributed by atoms with Gasteiger partial charge in [0.25, 0.3) is 5.91 Å². The first-order chi connectivity index (χ1) is 19.6. The predicted octanol–water partition coefficient (Wildman–Crippen LogP) is 5.84. The van der Waals surface area contributed by atoms with E-state index in [4.69, 9.17) is 4.74 Å². The Morgan fingerprint density at radius 3 is 2.10 bits per heavy atom. The van der Waals surface area contributed by atoms with Crippen LogP contribution in [0.3, 0.4) is 0 Å². The van der Waals surface area contributed by atoms with Crippen LogP contribution in [0, 0.1) is 27.7 Å². The summed E-state index contributed by atoms with van der Waals surface area (Å²) in [5.41, 5.74) is 8.42. The second-order valence-corrected chi connectivity index (χ2v) is 12.0. The van der Waals surface area contributed by atoms with Crippen LogP contribution >= 0.6 is 0 Å². The SMILES string of the molecule is Cc1ccc(CN(CC(=O)N/N=C/c2ccc(OCc3ccccc3)cc2)S(=O)(=O)c2c(C)cc(C)cc2C)cc1. The molecule has 0 heterocycles. The van der Waals surface area contributed by atoms with Crippen molar-refractivity contribution in [3.63, 3.8) is 0 Å². The molecule has 0 radical (unpaired) electrons. The molecule has 0 spiro atoms. The van der Waals surface area contributed by atoms with Crippen LogP contribution in [0.15, 0.2) is 101 Å². The van der Waals surface area contributed by atoms with Crippen LogP contribution in [0.2, 0.25) is 0 Å². The molecular weight excluding hydrogens is 534 g/mol. The van der Waals surface area contributed by atoms with E-state index in [0.29, 0.717) is 23.5 Å². The van der Waals surface area contributed by atoms with Crippen molar-refractivity contribution in [1.82, 2.24) is 9.73 Å². The number of hydrogen-bond acceptors (Lipinski definition) is 5. The molecule has 4 aromatic rings. The fourth-order valence-corrected chi connectivity index (χ4v) is 6.39. The van der Waals surface area contributed by atoms with Crippen molar-refractivity contribution < 1.29 is 17.9 Å². The normalized spacial score (nSPS) is 11.6. The highest BCUT2D eigenvalue weighted by molar-refractivity contribution is 7.89. The molecule has 0 saturated heterocycles. The molecular formula is C33H35N3O4S. The summed E-state index contributed by atoms with van der Waals surface area (Å²) in [5, 5.41) is 4.05. The maximum Gasteiger partial charge on any atom is 0.255 e. The number of carbonyl (C=O) groups is 1. The minimum absolute atomic E-state index is 0.0525. The summed E-state index contributed by atoms with van der Waals surface area (Å²) in [6.07, 6.45) is 1.51. The van der Waals surface area contributed by atoms with Gasteiger partial charge in [-0.15, -0.1) is 0 Å². The van der Waals surface area contributed by atoms with Gasteiger partial charge in [-0.05, 0) is 79.8 Å². The van der Waals surface area contributed by atoms with Crippen LogP contribution in [0.25, 0.3) is 0 Å². The molecule has 0 bridgehead atoms. The van der Waals surface area contributed by atoms with Crippen LogP contribution < -0.4 is 10.2 Å². The Hall–Kier alpha value is -4.27. The Morgan fingerprint density at radius 1 is 0.829 bits per heavy atom. The Morgan fingerprint density at radius 2 is 1.46 bits per heavy atom. The summed E-state index contributed by atoms with van der Waals surface area (Å²) in [7, 11) is -3.98. The van der Waals surface area contributed by atoms with Gasteiger partial charge in [0.15, 0.2) is 0 Å². The molecule has 0 aliphatic rings. The number of hydrazone groups is 1. The first-order valence-corrected chi connectivity index (χ1v) is 14.8. The summed E-state index contributed by atoms with van der Waals surface area (Å²) >= 11 is 0. The number of amides is 1. The van der Waals surface area contributed by atoms with Gasteiger partial charge in [-0.3, -0.25) is 4.79 Å². The molecule has 212 valence electrons. The van der Waals surface area contributed by atoms with Crippen molar-refractivity contribution in [3.05, 3.63) is 130 Å². The highest BCUT2D eigenvalue weighted by Gasteiger charge is 2.30. The minimum atomic E-state index is -3.98. The highest BCUT2D eigenvalue weighted by Crippen LogP contribution is 2.26. The number of carbonyl (C=O) groups excluding carboxylic acids is 1. The zero-order valence-electron chi connectivity index (χ0n) is 23.8. The number of ether oxygens (including phenoxy) is 1. The second-order valence-electron chi connectivity index (χ2n) is 10.1. The van der Waals surface area contributed by atoms with Gasteiger partial charge in [-0.1, -0.05) is 77.9 Å². The van der Waals surface area contributed by atoms with E-state index in [1.807, 2.05) is 105 Å². The first-order valence-electron chi connectivity index (χ1n) is 13.3. The molecule has 41 heavy (non-hydrogen) atoms. The number of nitrogens with one attached hydrogen (secondary N) is 1. The summed E-state index contributed by atoms with van der Waals surface area (Å²) in [4.78, 5) is 13.1. The van der Waals surface area contributed by atoms with Gasteiger partial charge in [-0.25, -0.2) is 13.8 Å². The Labute approximate surface area is 242 Å². The van der Waals surface area contributed by atoms with Gasteiger partial charge in [0.05, 0.1) is 17.7 Å². The summed E-state index contributed by atoms with van der Waals surface area (Å²) in [6, 6.07) is 28.5. The van der Waals surface area contributed by atoms with E-state index < -0.39 is 15.9 Å². The summed E-state index contributed by atoms with van der Waals surface area (Å²) in [5.74, 6) is 0.177. The second kappa shape index (κ2) is 13.4. The Kier molecular flexibility index (Phi) is 9.70. The summed E-state index contributed by atoms with van der Waals surface area (Å²) < 4.78 is 34.7. The lowest BCUT2D eigenvalue weighted by Crippen LogP contribution is -2.39. The van der Waals surface area contributed by atoms with Crippen LogP contribution in [0.5, 0.6) is 5.75 Å². The average Bonchev–Trinajstić information content (AvgIpc) is 2.93. The molecule has 0 fully saturated rings. The first kappa shape index (κ1) is 29.7. The average molecular weight is 570 g/mol. The van der Waals surface area contributed by atoms with Crippen molar-refractivity contribution in [2.45, 2.75) is 45.7 Å². The van der Waals surface area contributed by atoms with E-state index in [1.165, 1.54) is 10.5 Å². The number of hydrogen-bond donors (Lipinski definition) is 1. The van der Waals surface area contributed by atoms with E-state index in [1.54, 1.807) is 13.8 Å². The van der Waals surface area contributed by atoms with Crippen molar-refractivity contribution in [2.75, 3.05) is 6.54 Å². The third-order valence-electron chi connectivity index (χ3n) is 6.53. The van der Waals surface area contributed by atoms with Crippen molar-refractivity contribution in [1.29, 1.82) is 0 Å². The fraction of sp³-hybridized carbons (Fsp3) is 0.212. The number of benzene rings is 4. The molecule has 4 aromatic carbocycles. The van der Waals surface area contributed by atoms with E-state index in [9.17, 15) is 13.2 Å². The van der Waals surface area contributed by atoms with Gasteiger partial charge < -0.3 is 4.74 Å². The lowest BCUT2D eigenvalue weighted by atomic mass is 10.1. The molecule has 4 rings (SSSR count). The van der Waals surface area contributed by atoms with E-state index in [2.05, 4.69) is 10.5 Å². The fourth-order valence-electron chi connectivity index (χ4n) is 4.59. The van der Waals surface area contributed by atoms with Gasteiger partial charge in [-0.2, -0.15) is 9.41 Å². The molecule has 0 atom stereocenters. The molecule has 0 unspecified atom stereocenters. The predicted molar refractivity (Wildman–Crippen MR) is 162 cm³/mol. The number of nitrogens with zero attached hydrogens (tertiary/aromatic N) is 2. The van der Waals surface area contributed by atoms with Gasteiger partial charge in [0.2, 0.25) is 10.0 Å². The Balaban J connectivity index is 1.44. The molecule has 7 nitrogen and oxygen atoms in total. The van der Waals surface area contributed by atoms with Crippen LogP contribution in [0.1, 0.15) is 38.9 Å². The minimum Gasteiger partial charge on any atom is -0.489 e. The third kappa shape index (κ3) is 8.13. The lowest BCUT2D eigenvalue weighted by Gasteiger charge is -2.24.